The molecule has 0 amide bonds. The third-order valence-corrected chi connectivity index (χ3v) is 6.39. The highest BCUT2D eigenvalue weighted by molar-refractivity contribution is 5.91. The van der Waals surface area contributed by atoms with Crippen LogP contribution in [0.2, 0.25) is 0 Å². The van der Waals surface area contributed by atoms with Crippen molar-refractivity contribution in [3.63, 3.8) is 0 Å². The first kappa shape index (κ1) is 11.7. The number of esters is 1. The predicted molar refractivity (Wildman–Crippen MR) is 66.7 cm³/mol. The molecule has 2 aliphatic carbocycles. The molecular weight excluding hydrogens is 260 g/mol. The maximum absolute atomic E-state index is 11.9. The molecule has 108 valence electrons. The van der Waals surface area contributed by atoms with Crippen molar-refractivity contribution in [3.05, 3.63) is 12.2 Å². The van der Waals surface area contributed by atoms with Gasteiger partial charge in [-0.05, 0) is 26.7 Å². The van der Waals surface area contributed by atoms with Crippen LogP contribution in [0.3, 0.4) is 0 Å². The molecular formula is C15H18O5. The Balaban J connectivity index is 1.67. The number of ether oxygens (including phenoxy) is 3. The lowest BCUT2D eigenvalue weighted by atomic mass is 9.74. The quantitative estimate of drug-likeness (QED) is 0.398. The largest absolute Gasteiger partial charge is 0.458 e. The Hall–Kier alpha value is -0.910. The zero-order valence-corrected chi connectivity index (χ0v) is 11.6. The van der Waals surface area contributed by atoms with Crippen molar-refractivity contribution in [2.75, 3.05) is 0 Å². The number of aliphatic hydroxyl groups is 1. The van der Waals surface area contributed by atoms with E-state index in [-0.39, 0.29) is 41.7 Å². The van der Waals surface area contributed by atoms with Gasteiger partial charge >= 0.3 is 5.97 Å². The Kier molecular flexibility index (Phi) is 1.67. The molecule has 0 aromatic carbocycles. The van der Waals surface area contributed by atoms with Crippen LogP contribution < -0.4 is 0 Å². The molecule has 0 aromatic heterocycles. The fourth-order valence-electron chi connectivity index (χ4n) is 5.23. The highest BCUT2D eigenvalue weighted by atomic mass is 16.7. The zero-order chi connectivity index (χ0) is 14.1. The molecule has 8 atom stereocenters. The fourth-order valence-corrected chi connectivity index (χ4v) is 5.23. The van der Waals surface area contributed by atoms with Gasteiger partial charge < -0.3 is 19.3 Å². The molecule has 5 aliphatic rings. The van der Waals surface area contributed by atoms with Crippen LogP contribution in [0.25, 0.3) is 0 Å². The summed E-state index contributed by atoms with van der Waals surface area (Å²) in [5.41, 5.74) is -1.30. The number of hydrogen-bond donors (Lipinski definition) is 1. The van der Waals surface area contributed by atoms with Crippen molar-refractivity contribution in [2.45, 2.75) is 61.8 Å². The molecule has 0 aromatic rings. The molecule has 3 aliphatic heterocycles. The van der Waals surface area contributed by atoms with Gasteiger partial charge in [-0.3, -0.25) is 0 Å². The van der Waals surface area contributed by atoms with Crippen molar-refractivity contribution in [3.8, 4) is 0 Å². The SMILES string of the molecule is C=C1C(=O)O[C@H]2[C@H]1CC[C@](C)(O)[C@@]13O[C@@H]1[C@@H]1O[C@]1(C)[C@H]23. The van der Waals surface area contributed by atoms with E-state index in [1.165, 1.54) is 0 Å². The summed E-state index contributed by atoms with van der Waals surface area (Å²) in [6, 6.07) is 0. The van der Waals surface area contributed by atoms with E-state index in [0.717, 1.165) is 0 Å². The number of carbonyl (C=O) groups is 1. The molecule has 2 saturated carbocycles. The second kappa shape index (κ2) is 2.85. The van der Waals surface area contributed by atoms with Crippen LogP contribution in [0.5, 0.6) is 0 Å². The molecule has 0 radical (unpaired) electrons. The predicted octanol–water partition coefficient (Wildman–Crippen LogP) is 0.554. The van der Waals surface area contributed by atoms with Crippen LogP contribution >= 0.6 is 0 Å². The fraction of sp³-hybridized carbons (Fsp3) is 0.800. The Morgan fingerprint density at radius 3 is 2.80 bits per heavy atom. The van der Waals surface area contributed by atoms with Crippen LogP contribution in [0.15, 0.2) is 12.2 Å². The third-order valence-electron chi connectivity index (χ3n) is 6.39. The standard InChI is InChI=1S/C15H18O5/c1-6-7-4-5-13(2,17)15-9(8(7)18-12(6)16)14(3)10(19-14)11(15)20-15/h7-11,17H,1,4-5H2,2-3H3/t7-,8-,9-,10-,11+,13-,14+,15-/m0/s1. The van der Waals surface area contributed by atoms with E-state index in [1.54, 1.807) is 0 Å². The van der Waals surface area contributed by atoms with Gasteiger partial charge in [0.05, 0.1) is 11.5 Å². The lowest BCUT2D eigenvalue weighted by molar-refractivity contribution is -0.147. The normalized spacial score (nSPS) is 65.7. The van der Waals surface area contributed by atoms with Gasteiger partial charge in [-0.2, -0.15) is 0 Å². The molecule has 20 heavy (non-hydrogen) atoms. The molecule has 5 fully saturated rings. The highest BCUT2D eigenvalue weighted by Gasteiger charge is 2.92. The smallest absolute Gasteiger partial charge is 0.334 e. The van der Waals surface area contributed by atoms with E-state index in [0.29, 0.717) is 18.4 Å². The van der Waals surface area contributed by atoms with Crippen LogP contribution in [0.1, 0.15) is 26.7 Å². The molecule has 5 heteroatoms. The van der Waals surface area contributed by atoms with Gasteiger partial charge in [0, 0.05) is 11.5 Å². The summed E-state index contributed by atoms with van der Waals surface area (Å²) in [6.45, 7) is 7.78. The van der Waals surface area contributed by atoms with Gasteiger partial charge in [0.15, 0.2) is 0 Å². The van der Waals surface area contributed by atoms with Crippen LogP contribution in [0.4, 0.5) is 0 Å². The number of rotatable bonds is 0. The molecule has 0 unspecified atom stereocenters. The summed E-state index contributed by atoms with van der Waals surface area (Å²) in [5.74, 6) is -0.430. The Morgan fingerprint density at radius 2 is 2.05 bits per heavy atom. The van der Waals surface area contributed by atoms with Crippen molar-refractivity contribution in [2.24, 2.45) is 11.8 Å². The maximum Gasteiger partial charge on any atom is 0.334 e. The highest BCUT2D eigenvalue weighted by Crippen LogP contribution is 2.75. The summed E-state index contributed by atoms with van der Waals surface area (Å²) < 4.78 is 17.4. The van der Waals surface area contributed by atoms with Crippen molar-refractivity contribution >= 4 is 5.97 Å². The van der Waals surface area contributed by atoms with E-state index >= 15 is 0 Å². The molecule has 0 bridgehead atoms. The van der Waals surface area contributed by atoms with E-state index in [9.17, 15) is 9.90 Å². The van der Waals surface area contributed by atoms with Crippen molar-refractivity contribution in [1.82, 2.24) is 0 Å². The molecule has 1 spiro atoms. The Bertz CT molecular complexity index is 569. The van der Waals surface area contributed by atoms with Gasteiger partial charge in [0.25, 0.3) is 0 Å². The monoisotopic (exact) mass is 278 g/mol. The summed E-state index contributed by atoms with van der Waals surface area (Å²) in [5, 5.41) is 10.9. The van der Waals surface area contributed by atoms with Crippen molar-refractivity contribution < 1.29 is 24.1 Å². The second-order valence-electron chi connectivity index (χ2n) is 7.35. The van der Waals surface area contributed by atoms with Gasteiger partial charge in [-0.1, -0.05) is 6.58 Å². The maximum atomic E-state index is 11.9. The Labute approximate surface area is 116 Å². The first-order chi connectivity index (χ1) is 9.33. The molecule has 3 saturated heterocycles. The lowest BCUT2D eigenvalue weighted by Crippen LogP contribution is -2.53. The Morgan fingerprint density at radius 1 is 1.30 bits per heavy atom. The summed E-state index contributed by atoms with van der Waals surface area (Å²) in [7, 11) is 0. The first-order valence-electron chi connectivity index (χ1n) is 7.31. The van der Waals surface area contributed by atoms with Gasteiger partial charge in [0.1, 0.15) is 29.5 Å². The number of fused-ring (bicyclic) bond motifs is 5. The van der Waals surface area contributed by atoms with E-state index in [2.05, 4.69) is 6.58 Å². The number of hydrogen-bond acceptors (Lipinski definition) is 5. The molecule has 5 rings (SSSR count). The van der Waals surface area contributed by atoms with Gasteiger partial charge in [0.2, 0.25) is 0 Å². The van der Waals surface area contributed by atoms with E-state index in [4.69, 9.17) is 14.2 Å². The van der Waals surface area contributed by atoms with Gasteiger partial charge in [-0.25, -0.2) is 4.79 Å². The third kappa shape index (κ3) is 0.954. The van der Waals surface area contributed by atoms with Crippen molar-refractivity contribution in [1.29, 1.82) is 0 Å². The van der Waals surface area contributed by atoms with Crippen LogP contribution in [0, 0.1) is 11.8 Å². The first-order valence-corrected chi connectivity index (χ1v) is 7.31. The minimum absolute atomic E-state index is 0.0250. The topological polar surface area (TPSA) is 71.6 Å². The number of epoxide rings is 2. The average molecular weight is 278 g/mol. The summed E-state index contributed by atoms with van der Waals surface area (Å²) in [6.07, 6.45) is 1.01. The zero-order valence-electron chi connectivity index (χ0n) is 11.6. The number of carbonyl (C=O) groups excluding carboxylic acids is 1. The molecule has 5 nitrogen and oxygen atoms in total. The van der Waals surface area contributed by atoms with Crippen LogP contribution in [-0.2, 0) is 19.0 Å². The van der Waals surface area contributed by atoms with Crippen LogP contribution in [-0.4, -0.2) is 46.2 Å². The minimum atomic E-state index is -0.904. The van der Waals surface area contributed by atoms with E-state index in [1.807, 2.05) is 13.8 Å². The molecule has 3 heterocycles. The average Bonchev–Trinajstić information content (AvgIpc) is 3.21. The van der Waals surface area contributed by atoms with E-state index < -0.39 is 11.2 Å². The lowest BCUT2D eigenvalue weighted by Gasteiger charge is -2.36. The van der Waals surface area contributed by atoms with Gasteiger partial charge in [-0.15, -0.1) is 0 Å². The second-order valence-corrected chi connectivity index (χ2v) is 7.35. The summed E-state index contributed by atoms with van der Waals surface area (Å²) >= 11 is 0. The minimum Gasteiger partial charge on any atom is -0.458 e. The molecule has 1 N–H and O–H groups in total. The summed E-state index contributed by atoms with van der Waals surface area (Å²) in [4.78, 5) is 11.9.